The highest BCUT2D eigenvalue weighted by atomic mass is 16.3. The van der Waals surface area contributed by atoms with Crippen molar-refractivity contribution in [3.8, 4) is 0 Å². The van der Waals surface area contributed by atoms with Crippen molar-refractivity contribution >= 4 is 0 Å². The van der Waals surface area contributed by atoms with E-state index in [2.05, 4.69) is 37.9 Å². The smallest absolute Gasteiger partial charge is 0.0446 e. The Labute approximate surface area is 93.9 Å². The van der Waals surface area contributed by atoms with Gasteiger partial charge in [-0.15, -0.1) is 0 Å². The molecule has 1 aliphatic rings. The molecule has 2 atom stereocenters. The molecule has 2 N–H and O–H groups in total. The molecule has 0 aliphatic carbocycles. The molecule has 1 aliphatic heterocycles. The molecule has 1 saturated heterocycles. The Bertz CT molecular complexity index is 194. The van der Waals surface area contributed by atoms with E-state index in [1.165, 1.54) is 6.42 Å². The van der Waals surface area contributed by atoms with Crippen molar-refractivity contribution in [3.05, 3.63) is 0 Å². The summed E-state index contributed by atoms with van der Waals surface area (Å²) in [4.78, 5) is 2.57. The molecular weight excluding hydrogens is 188 g/mol. The monoisotopic (exact) mass is 214 g/mol. The quantitative estimate of drug-likeness (QED) is 0.738. The van der Waals surface area contributed by atoms with Gasteiger partial charge in [0.05, 0.1) is 0 Å². The summed E-state index contributed by atoms with van der Waals surface area (Å²) in [5, 5.41) is 12.5. The van der Waals surface area contributed by atoms with Crippen LogP contribution in [0.15, 0.2) is 0 Å². The minimum Gasteiger partial charge on any atom is -0.396 e. The van der Waals surface area contributed by atoms with Crippen LogP contribution in [-0.4, -0.2) is 47.3 Å². The highest BCUT2D eigenvalue weighted by Crippen LogP contribution is 2.23. The molecule has 3 heteroatoms. The molecule has 1 fully saturated rings. The lowest BCUT2D eigenvalue weighted by molar-refractivity contribution is 0.0250. The van der Waals surface area contributed by atoms with Gasteiger partial charge in [0, 0.05) is 37.3 Å². The standard InChI is InChI=1S/C12H26N2O/c1-5-10(2)14-8-11(6-7-15)13-9-12(14,3)4/h10-11,13,15H,5-9H2,1-4H3. The number of rotatable bonds is 4. The van der Waals surface area contributed by atoms with Crippen molar-refractivity contribution < 1.29 is 5.11 Å². The topological polar surface area (TPSA) is 35.5 Å². The Morgan fingerprint density at radius 3 is 2.73 bits per heavy atom. The van der Waals surface area contributed by atoms with Crippen LogP contribution in [0.2, 0.25) is 0 Å². The number of nitrogens with zero attached hydrogens (tertiary/aromatic N) is 1. The van der Waals surface area contributed by atoms with E-state index in [0.29, 0.717) is 12.1 Å². The van der Waals surface area contributed by atoms with Crippen molar-refractivity contribution in [1.82, 2.24) is 10.2 Å². The van der Waals surface area contributed by atoms with Gasteiger partial charge in [-0.1, -0.05) is 6.92 Å². The minimum atomic E-state index is 0.237. The lowest BCUT2D eigenvalue weighted by Gasteiger charge is -2.49. The summed E-state index contributed by atoms with van der Waals surface area (Å²) < 4.78 is 0. The van der Waals surface area contributed by atoms with Gasteiger partial charge in [-0.3, -0.25) is 4.90 Å². The fraction of sp³-hybridized carbons (Fsp3) is 1.00. The van der Waals surface area contributed by atoms with Gasteiger partial charge in [-0.25, -0.2) is 0 Å². The zero-order valence-corrected chi connectivity index (χ0v) is 10.6. The second kappa shape index (κ2) is 5.28. The summed E-state index contributed by atoms with van der Waals surface area (Å²) >= 11 is 0. The molecule has 0 saturated carbocycles. The van der Waals surface area contributed by atoms with Gasteiger partial charge < -0.3 is 10.4 Å². The Balaban J connectivity index is 2.61. The summed E-state index contributed by atoms with van der Waals surface area (Å²) in [7, 11) is 0. The van der Waals surface area contributed by atoms with E-state index < -0.39 is 0 Å². The van der Waals surface area contributed by atoms with Crippen LogP contribution in [-0.2, 0) is 0 Å². The van der Waals surface area contributed by atoms with Gasteiger partial charge in [-0.05, 0) is 33.6 Å². The first-order valence-electron chi connectivity index (χ1n) is 6.12. The van der Waals surface area contributed by atoms with E-state index in [4.69, 9.17) is 5.11 Å². The molecule has 0 aromatic carbocycles. The molecule has 3 nitrogen and oxygen atoms in total. The average molecular weight is 214 g/mol. The summed E-state index contributed by atoms with van der Waals surface area (Å²) in [5.41, 5.74) is 0.237. The van der Waals surface area contributed by atoms with Crippen molar-refractivity contribution in [1.29, 1.82) is 0 Å². The third-order valence-electron chi connectivity index (χ3n) is 3.62. The van der Waals surface area contributed by atoms with Crippen molar-refractivity contribution in [2.75, 3.05) is 19.7 Å². The molecular formula is C12H26N2O. The molecule has 90 valence electrons. The normalized spacial score (nSPS) is 29.0. The molecule has 1 heterocycles. The molecule has 0 radical (unpaired) electrons. The van der Waals surface area contributed by atoms with E-state index in [1.807, 2.05) is 0 Å². The van der Waals surface area contributed by atoms with Crippen LogP contribution in [0.3, 0.4) is 0 Å². The SMILES string of the molecule is CCC(C)N1CC(CCO)NCC1(C)C. The number of hydrogen-bond donors (Lipinski definition) is 2. The molecule has 0 spiro atoms. The third kappa shape index (κ3) is 3.16. The van der Waals surface area contributed by atoms with Gasteiger partial charge in [-0.2, -0.15) is 0 Å². The number of hydrogen-bond acceptors (Lipinski definition) is 3. The largest absolute Gasteiger partial charge is 0.396 e. The van der Waals surface area contributed by atoms with Crippen LogP contribution in [0.1, 0.15) is 40.5 Å². The first kappa shape index (κ1) is 12.9. The van der Waals surface area contributed by atoms with Gasteiger partial charge in [0.2, 0.25) is 0 Å². The fourth-order valence-electron chi connectivity index (χ4n) is 2.39. The maximum atomic E-state index is 8.97. The van der Waals surface area contributed by atoms with Crippen LogP contribution in [0.4, 0.5) is 0 Å². The van der Waals surface area contributed by atoms with Crippen LogP contribution < -0.4 is 5.32 Å². The molecule has 1 rings (SSSR count). The average Bonchev–Trinajstić information content (AvgIpc) is 2.20. The third-order valence-corrected chi connectivity index (χ3v) is 3.62. The summed E-state index contributed by atoms with van der Waals surface area (Å²) in [6.45, 7) is 11.5. The molecule has 0 aromatic rings. The Hall–Kier alpha value is -0.120. The van der Waals surface area contributed by atoms with E-state index >= 15 is 0 Å². The Morgan fingerprint density at radius 2 is 2.20 bits per heavy atom. The highest BCUT2D eigenvalue weighted by Gasteiger charge is 2.35. The van der Waals surface area contributed by atoms with Gasteiger partial charge in [0.25, 0.3) is 0 Å². The van der Waals surface area contributed by atoms with E-state index in [1.54, 1.807) is 0 Å². The van der Waals surface area contributed by atoms with Crippen LogP contribution in [0, 0.1) is 0 Å². The van der Waals surface area contributed by atoms with Gasteiger partial charge >= 0.3 is 0 Å². The zero-order valence-electron chi connectivity index (χ0n) is 10.6. The summed E-state index contributed by atoms with van der Waals surface area (Å²) in [6.07, 6.45) is 2.05. The van der Waals surface area contributed by atoms with E-state index in [9.17, 15) is 0 Å². The van der Waals surface area contributed by atoms with Gasteiger partial charge in [0.1, 0.15) is 0 Å². The van der Waals surface area contributed by atoms with Crippen LogP contribution in [0.25, 0.3) is 0 Å². The van der Waals surface area contributed by atoms with Crippen molar-refractivity contribution in [3.63, 3.8) is 0 Å². The molecule has 0 amide bonds. The lowest BCUT2D eigenvalue weighted by Crippen LogP contribution is -2.64. The predicted octanol–water partition coefficient (Wildman–Crippen LogP) is 1.22. The maximum Gasteiger partial charge on any atom is 0.0446 e. The Kier molecular flexibility index (Phi) is 4.56. The fourth-order valence-corrected chi connectivity index (χ4v) is 2.39. The second-order valence-electron chi connectivity index (χ2n) is 5.31. The molecule has 0 bridgehead atoms. The molecule has 0 aromatic heterocycles. The van der Waals surface area contributed by atoms with Gasteiger partial charge in [0.15, 0.2) is 0 Å². The summed E-state index contributed by atoms with van der Waals surface area (Å²) in [5.74, 6) is 0. The second-order valence-corrected chi connectivity index (χ2v) is 5.31. The van der Waals surface area contributed by atoms with Crippen LogP contribution >= 0.6 is 0 Å². The van der Waals surface area contributed by atoms with Crippen LogP contribution in [0.5, 0.6) is 0 Å². The minimum absolute atomic E-state index is 0.237. The summed E-state index contributed by atoms with van der Waals surface area (Å²) in [6, 6.07) is 1.08. The number of aliphatic hydroxyl groups is 1. The number of aliphatic hydroxyl groups excluding tert-OH is 1. The molecule has 2 unspecified atom stereocenters. The van der Waals surface area contributed by atoms with E-state index in [-0.39, 0.29) is 12.1 Å². The number of nitrogens with one attached hydrogen (secondary N) is 1. The lowest BCUT2D eigenvalue weighted by atomic mass is 9.94. The Morgan fingerprint density at radius 1 is 1.53 bits per heavy atom. The zero-order chi connectivity index (χ0) is 11.5. The number of piperazine rings is 1. The maximum absolute atomic E-state index is 8.97. The highest BCUT2D eigenvalue weighted by molar-refractivity contribution is 4.94. The molecule has 15 heavy (non-hydrogen) atoms. The van der Waals surface area contributed by atoms with Crippen molar-refractivity contribution in [2.24, 2.45) is 0 Å². The van der Waals surface area contributed by atoms with E-state index in [0.717, 1.165) is 19.5 Å². The van der Waals surface area contributed by atoms with Crippen molar-refractivity contribution in [2.45, 2.75) is 58.2 Å². The predicted molar refractivity (Wildman–Crippen MR) is 64.0 cm³/mol. The first-order valence-corrected chi connectivity index (χ1v) is 6.12. The first-order chi connectivity index (χ1) is 7.01.